The second-order valence-electron chi connectivity index (χ2n) is 10.7. The Morgan fingerprint density at radius 1 is 1.08 bits per heavy atom. The number of rotatable bonds is 10. The van der Waals surface area contributed by atoms with Crippen LogP contribution < -0.4 is 16.0 Å². The van der Waals surface area contributed by atoms with Crippen molar-refractivity contribution in [3.05, 3.63) is 77.9 Å². The Morgan fingerprint density at radius 2 is 1.79 bits per heavy atom. The molecule has 206 valence electrons. The zero-order valence-corrected chi connectivity index (χ0v) is 22.4. The lowest BCUT2D eigenvalue weighted by Gasteiger charge is -2.38. The maximum absolute atomic E-state index is 13.6. The molecule has 1 aromatic heterocycles. The van der Waals surface area contributed by atoms with Crippen LogP contribution in [0.5, 0.6) is 0 Å². The van der Waals surface area contributed by atoms with E-state index in [-0.39, 0.29) is 29.7 Å². The molecule has 0 spiro atoms. The Bertz CT molecular complexity index is 1240. The van der Waals surface area contributed by atoms with E-state index in [9.17, 15) is 14.0 Å². The van der Waals surface area contributed by atoms with Crippen LogP contribution in [-0.4, -0.2) is 75.5 Å². The molecule has 2 fully saturated rings. The summed E-state index contributed by atoms with van der Waals surface area (Å²) in [6.45, 7) is 6.10. The van der Waals surface area contributed by atoms with Gasteiger partial charge in [0, 0.05) is 42.7 Å². The minimum Gasteiger partial charge on any atom is -0.340 e. The van der Waals surface area contributed by atoms with Gasteiger partial charge in [-0.3, -0.25) is 9.59 Å². The van der Waals surface area contributed by atoms with Gasteiger partial charge in [-0.1, -0.05) is 17.3 Å². The van der Waals surface area contributed by atoms with Gasteiger partial charge < -0.3 is 20.9 Å². The highest BCUT2D eigenvalue weighted by Crippen LogP contribution is 2.40. The highest BCUT2D eigenvalue weighted by Gasteiger charge is 2.38. The standard InChI is InChI=1S/C29H36FN7O2/c1-19-17-36(18-20(2)33-19)29(39)26(4-3-13-31-27-16-25(27)21-5-9-23(30)10-6-21)34-28(38)22-7-11-24(12-8-22)37-15-14-32-35-37/h5-12,14-15,19-20,25-27,31,33H,3-4,13,16-18H2,1-2H3,(H,34,38)/t19-,20+,25-,26-,27+/m0/s1. The maximum Gasteiger partial charge on any atom is 0.251 e. The quantitative estimate of drug-likeness (QED) is 0.346. The van der Waals surface area contributed by atoms with E-state index < -0.39 is 6.04 Å². The van der Waals surface area contributed by atoms with Gasteiger partial charge in [0.25, 0.3) is 5.91 Å². The third-order valence-corrected chi connectivity index (χ3v) is 7.45. The minimum atomic E-state index is -0.612. The lowest BCUT2D eigenvalue weighted by atomic mass is 10.1. The number of halogens is 1. The van der Waals surface area contributed by atoms with E-state index in [2.05, 4.69) is 40.1 Å². The lowest BCUT2D eigenvalue weighted by molar-refractivity contribution is -0.135. The van der Waals surface area contributed by atoms with E-state index in [1.165, 1.54) is 12.1 Å². The number of nitrogens with zero attached hydrogens (tertiary/aromatic N) is 4. The molecular formula is C29H36FN7O2. The summed E-state index contributed by atoms with van der Waals surface area (Å²) in [5, 5.41) is 17.8. The van der Waals surface area contributed by atoms with Crippen LogP contribution in [0.15, 0.2) is 60.9 Å². The highest BCUT2D eigenvalue weighted by atomic mass is 19.1. The van der Waals surface area contributed by atoms with Gasteiger partial charge >= 0.3 is 0 Å². The van der Waals surface area contributed by atoms with Gasteiger partial charge in [0.2, 0.25) is 5.91 Å². The van der Waals surface area contributed by atoms with Gasteiger partial charge in [-0.05, 0) is 81.6 Å². The summed E-state index contributed by atoms with van der Waals surface area (Å²) >= 11 is 0. The number of carbonyl (C=O) groups excluding carboxylic acids is 2. The summed E-state index contributed by atoms with van der Waals surface area (Å²) in [6, 6.07) is 13.9. The van der Waals surface area contributed by atoms with Gasteiger partial charge in [0.05, 0.1) is 18.1 Å². The monoisotopic (exact) mass is 533 g/mol. The predicted molar refractivity (Wildman–Crippen MR) is 146 cm³/mol. The Labute approximate surface area is 228 Å². The molecule has 2 amide bonds. The Balaban J connectivity index is 1.18. The molecule has 2 heterocycles. The Kier molecular flexibility index (Phi) is 8.33. The first-order valence-corrected chi connectivity index (χ1v) is 13.7. The Hall–Kier alpha value is -3.63. The molecule has 2 aliphatic rings. The summed E-state index contributed by atoms with van der Waals surface area (Å²) in [5.74, 6) is -0.146. The molecule has 3 aromatic rings. The molecule has 5 atom stereocenters. The van der Waals surface area contributed by atoms with Crippen molar-refractivity contribution in [2.24, 2.45) is 0 Å². The van der Waals surface area contributed by atoms with E-state index >= 15 is 0 Å². The fourth-order valence-electron chi connectivity index (χ4n) is 5.43. The molecule has 1 saturated heterocycles. The van der Waals surface area contributed by atoms with Crippen molar-refractivity contribution in [1.29, 1.82) is 0 Å². The molecule has 1 aliphatic carbocycles. The van der Waals surface area contributed by atoms with Crippen LogP contribution in [0.1, 0.15) is 54.9 Å². The van der Waals surface area contributed by atoms with Crippen molar-refractivity contribution in [2.45, 2.75) is 63.2 Å². The van der Waals surface area contributed by atoms with E-state index in [1.54, 1.807) is 41.3 Å². The minimum absolute atomic E-state index is 0.0432. The molecule has 5 rings (SSSR count). The largest absolute Gasteiger partial charge is 0.340 e. The number of hydrogen-bond donors (Lipinski definition) is 3. The molecule has 0 bridgehead atoms. The van der Waals surface area contributed by atoms with Crippen molar-refractivity contribution < 1.29 is 14.0 Å². The molecule has 2 aromatic carbocycles. The van der Waals surface area contributed by atoms with Crippen LogP contribution in [0.4, 0.5) is 4.39 Å². The average Bonchev–Trinajstić information content (AvgIpc) is 3.48. The van der Waals surface area contributed by atoms with Crippen molar-refractivity contribution in [3.8, 4) is 5.69 Å². The summed E-state index contributed by atoms with van der Waals surface area (Å²) in [4.78, 5) is 28.6. The lowest BCUT2D eigenvalue weighted by Crippen LogP contribution is -2.59. The van der Waals surface area contributed by atoms with Gasteiger partial charge in [0.15, 0.2) is 0 Å². The van der Waals surface area contributed by atoms with Gasteiger partial charge in [0.1, 0.15) is 11.9 Å². The highest BCUT2D eigenvalue weighted by molar-refractivity contribution is 5.97. The normalized spacial score (nSPS) is 23.3. The molecule has 0 unspecified atom stereocenters. The average molecular weight is 534 g/mol. The zero-order valence-electron chi connectivity index (χ0n) is 22.4. The predicted octanol–water partition coefficient (Wildman–Crippen LogP) is 2.64. The first kappa shape index (κ1) is 27.0. The maximum atomic E-state index is 13.6. The molecule has 1 aliphatic heterocycles. The smallest absolute Gasteiger partial charge is 0.251 e. The Morgan fingerprint density at radius 3 is 2.46 bits per heavy atom. The van der Waals surface area contributed by atoms with E-state index in [0.29, 0.717) is 37.0 Å². The third kappa shape index (κ3) is 6.88. The fourth-order valence-corrected chi connectivity index (χ4v) is 5.43. The van der Waals surface area contributed by atoms with E-state index in [1.807, 2.05) is 17.0 Å². The number of nitrogens with one attached hydrogen (secondary N) is 3. The zero-order chi connectivity index (χ0) is 27.4. The van der Waals surface area contributed by atoms with Gasteiger partial charge in [-0.15, -0.1) is 5.10 Å². The molecule has 9 nitrogen and oxygen atoms in total. The summed E-state index contributed by atoms with van der Waals surface area (Å²) < 4.78 is 14.8. The number of piperazine rings is 1. The second kappa shape index (κ2) is 12.0. The molecule has 1 saturated carbocycles. The van der Waals surface area contributed by atoms with Gasteiger partial charge in [-0.25, -0.2) is 9.07 Å². The van der Waals surface area contributed by atoms with Crippen LogP contribution >= 0.6 is 0 Å². The summed E-state index contributed by atoms with van der Waals surface area (Å²) in [5.41, 5.74) is 2.42. The van der Waals surface area contributed by atoms with Crippen LogP contribution in [-0.2, 0) is 4.79 Å². The number of carbonyl (C=O) groups is 2. The number of benzene rings is 2. The van der Waals surface area contributed by atoms with Crippen molar-refractivity contribution in [3.63, 3.8) is 0 Å². The van der Waals surface area contributed by atoms with Crippen LogP contribution in [0.25, 0.3) is 5.69 Å². The van der Waals surface area contributed by atoms with Crippen LogP contribution in [0, 0.1) is 5.82 Å². The first-order chi connectivity index (χ1) is 18.9. The number of aromatic nitrogens is 3. The third-order valence-electron chi connectivity index (χ3n) is 7.45. The van der Waals surface area contributed by atoms with Crippen molar-refractivity contribution in [1.82, 2.24) is 35.8 Å². The van der Waals surface area contributed by atoms with E-state index in [4.69, 9.17) is 0 Å². The molecule has 39 heavy (non-hydrogen) atoms. The number of amides is 2. The van der Waals surface area contributed by atoms with Gasteiger partial charge in [-0.2, -0.15) is 0 Å². The number of hydrogen-bond acceptors (Lipinski definition) is 6. The molecule has 10 heteroatoms. The molecule has 0 radical (unpaired) electrons. The summed E-state index contributed by atoms with van der Waals surface area (Å²) in [7, 11) is 0. The van der Waals surface area contributed by atoms with Crippen LogP contribution in [0.3, 0.4) is 0 Å². The van der Waals surface area contributed by atoms with Crippen molar-refractivity contribution in [2.75, 3.05) is 19.6 Å². The van der Waals surface area contributed by atoms with E-state index in [0.717, 1.165) is 30.6 Å². The van der Waals surface area contributed by atoms with Crippen LogP contribution in [0.2, 0.25) is 0 Å². The second-order valence-corrected chi connectivity index (χ2v) is 10.7. The van der Waals surface area contributed by atoms with Crippen molar-refractivity contribution >= 4 is 11.8 Å². The topological polar surface area (TPSA) is 104 Å². The first-order valence-electron chi connectivity index (χ1n) is 13.7. The fraction of sp³-hybridized carbons (Fsp3) is 0.448. The molecular weight excluding hydrogens is 497 g/mol. The molecule has 3 N–H and O–H groups in total. The summed E-state index contributed by atoms with van der Waals surface area (Å²) in [6.07, 6.45) is 5.62. The SMILES string of the molecule is C[C@@H]1CN(C(=O)[C@H](CCCN[C@@H]2C[C@H]2c2ccc(F)cc2)NC(=O)c2ccc(-n3ccnn3)cc2)C[C@H](C)N1.